The van der Waals surface area contributed by atoms with Gasteiger partial charge in [-0.3, -0.25) is 23.7 Å². The Kier molecular flexibility index (Phi) is 10.0. The molecule has 2 aromatic carbocycles. The molecule has 0 saturated carbocycles. The number of allylic oxidation sites excluding steroid dienone is 1. The van der Waals surface area contributed by atoms with Gasteiger partial charge in [-0.25, -0.2) is 0 Å². The van der Waals surface area contributed by atoms with E-state index in [1.54, 1.807) is 43.0 Å². The molecule has 3 aliphatic heterocycles. The van der Waals surface area contributed by atoms with Crippen molar-refractivity contribution in [3.8, 4) is 16.9 Å². The van der Waals surface area contributed by atoms with Crippen LogP contribution in [0.3, 0.4) is 0 Å². The van der Waals surface area contributed by atoms with Gasteiger partial charge in [-0.05, 0) is 73.7 Å². The van der Waals surface area contributed by atoms with E-state index in [1.165, 1.54) is 17.8 Å². The number of methoxy groups -OCH3 is 1. The highest BCUT2D eigenvalue weighted by Crippen LogP contribution is 2.35. The number of ketones is 1. The molecule has 12 heteroatoms. The van der Waals surface area contributed by atoms with Crippen LogP contribution in [-0.2, 0) is 29.6 Å². The minimum Gasteiger partial charge on any atom is -0.497 e. The van der Waals surface area contributed by atoms with Crippen molar-refractivity contribution in [3.63, 3.8) is 0 Å². The first kappa shape index (κ1) is 34.2. The van der Waals surface area contributed by atoms with Gasteiger partial charge in [0.15, 0.2) is 11.6 Å². The second-order valence-corrected chi connectivity index (χ2v) is 13.8. The molecule has 0 unspecified atom stereocenters. The SMILES string of the molecule is COc1ccc(C(=O)/C=C/C(=O)N2CCC(N3CCC(n4nc(Nc5ccc(-c6cnn(C)c6)cc5)c5c4CCN(C(C)=O)C5)CC3)CC2)cc1. The minimum atomic E-state index is -0.197. The first-order valence-electron chi connectivity index (χ1n) is 17.9. The van der Waals surface area contributed by atoms with Gasteiger partial charge in [0.05, 0.1) is 25.9 Å². The highest BCUT2D eigenvalue weighted by atomic mass is 16.5. The smallest absolute Gasteiger partial charge is 0.246 e. The van der Waals surface area contributed by atoms with E-state index in [9.17, 15) is 14.4 Å². The normalized spacial score (nSPS) is 17.5. The van der Waals surface area contributed by atoms with Crippen LogP contribution >= 0.6 is 0 Å². The lowest BCUT2D eigenvalue weighted by molar-refractivity contribution is -0.130. The van der Waals surface area contributed by atoms with E-state index in [4.69, 9.17) is 9.84 Å². The Balaban J connectivity index is 0.954. The Hall–Kier alpha value is -5.23. The summed E-state index contributed by atoms with van der Waals surface area (Å²) in [6.07, 6.45) is 11.3. The fourth-order valence-electron chi connectivity index (χ4n) is 7.62. The van der Waals surface area contributed by atoms with E-state index in [0.29, 0.717) is 43.5 Å². The molecule has 3 aliphatic rings. The summed E-state index contributed by atoms with van der Waals surface area (Å²) in [5.41, 5.74) is 5.98. The quantitative estimate of drug-likeness (QED) is 0.193. The number of benzene rings is 2. The van der Waals surface area contributed by atoms with Gasteiger partial charge in [0.25, 0.3) is 0 Å². The zero-order chi connectivity index (χ0) is 35.5. The van der Waals surface area contributed by atoms with Crippen LogP contribution in [0.15, 0.2) is 73.1 Å². The average Bonchev–Trinajstić information content (AvgIpc) is 3.77. The molecule has 0 spiro atoms. The van der Waals surface area contributed by atoms with Crippen molar-refractivity contribution in [2.24, 2.45) is 7.05 Å². The van der Waals surface area contributed by atoms with Gasteiger partial charge in [0, 0.05) is 99.5 Å². The molecule has 5 heterocycles. The van der Waals surface area contributed by atoms with E-state index in [1.807, 2.05) is 29.2 Å². The molecule has 2 saturated heterocycles. The van der Waals surface area contributed by atoms with E-state index in [-0.39, 0.29) is 23.6 Å². The number of amides is 2. The summed E-state index contributed by atoms with van der Waals surface area (Å²) in [6, 6.07) is 15.9. The molecule has 0 atom stereocenters. The van der Waals surface area contributed by atoms with E-state index in [0.717, 1.165) is 73.4 Å². The van der Waals surface area contributed by atoms with Crippen molar-refractivity contribution in [1.82, 2.24) is 34.3 Å². The topological polar surface area (TPSA) is 118 Å². The van der Waals surface area contributed by atoms with Gasteiger partial charge in [-0.1, -0.05) is 12.1 Å². The number of piperidine rings is 2. The number of hydrogen-bond donors (Lipinski definition) is 1. The third-order valence-corrected chi connectivity index (χ3v) is 10.6. The summed E-state index contributed by atoms with van der Waals surface area (Å²) in [5.74, 6) is 1.28. The zero-order valence-corrected chi connectivity index (χ0v) is 29.6. The second-order valence-electron chi connectivity index (χ2n) is 13.8. The van der Waals surface area contributed by atoms with Gasteiger partial charge in [-0.15, -0.1) is 0 Å². The standard InChI is InChI=1S/C39H46N8O4/c1-27(48)46-23-18-36-35(26-46)39(41-31-8-4-28(5-9-31)30-24-40-43(2)25-30)42-47(36)33-16-19-44(20-17-33)32-14-21-45(22-15-32)38(50)13-12-37(49)29-6-10-34(51-3)11-7-29/h4-13,24-25,32-33H,14-23,26H2,1-3H3,(H,41,42)/b13-12+. The number of aromatic nitrogens is 4. The molecule has 0 bridgehead atoms. The molecular formula is C39H46N8O4. The number of likely N-dealkylation sites (tertiary alicyclic amines) is 2. The van der Waals surface area contributed by atoms with Gasteiger partial charge in [-0.2, -0.15) is 10.2 Å². The molecule has 0 radical (unpaired) electrons. The fraction of sp³-hybridized carbons (Fsp3) is 0.410. The Morgan fingerprint density at radius 1 is 0.843 bits per heavy atom. The summed E-state index contributed by atoms with van der Waals surface area (Å²) in [7, 11) is 3.50. The van der Waals surface area contributed by atoms with Crippen molar-refractivity contribution in [3.05, 3.63) is 89.9 Å². The van der Waals surface area contributed by atoms with Crippen molar-refractivity contribution in [1.29, 1.82) is 0 Å². The molecule has 0 aliphatic carbocycles. The van der Waals surface area contributed by atoms with Crippen molar-refractivity contribution < 1.29 is 19.1 Å². The summed E-state index contributed by atoms with van der Waals surface area (Å²) < 4.78 is 9.20. The summed E-state index contributed by atoms with van der Waals surface area (Å²) in [4.78, 5) is 44.1. The van der Waals surface area contributed by atoms with Crippen molar-refractivity contribution in [2.75, 3.05) is 45.2 Å². The number of anilines is 2. The van der Waals surface area contributed by atoms with Gasteiger partial charge in [0.2, 0.25) is 11.8 Å². The molecule has 266 valence electrons. The highest BCUT2D eigenvalue weighted by molar-refractivity contribution is 6.07. The molecule has 2 fully saturated rings. The summed E-state index contributed by atoms with van der Waals surface area (Å²) >= 11 is 0. The third kappa shape index (κ3) is 7.61. The van der Waals surface area contributed by atoms with Crippen molar-refractivity contribution in [2.45, 2.75) is 57.7 Å². The first-order valence-corrected chi connectivity index (χ1v) is 17.9. The number of rotatable bonds is 9. The summed E-state index contributed by atoms with van der Waals surface area (Å²) in [6.45, 7) is 6.22. The van der Waals surface area contributed by atoms with Gasteiger partial charge < -0.3 is 24.8 Å². The van der Waals surface area contributed by atoms with Gasteiger partial charge in [0.1, 0.15) is 5.75 Å². The van der Waals surface area contributed by atoms with Crippen LogP contribution in [0, 0.1) is 0 Å². The highest BCUT2D eigenvalue weighted by Gasteiger charge is 2.33. The predicted octanol–water partition coefficient (Wildman–Crippen LogP) is 5.01. The lowest BCUT2D eigenvalue weighted by Gasteiger charge is -2.42. The van der Waals surface area contributed by atoms with Crippen LogP contribution in [0.2, 0.25) is 0 Å². The minimum absolute atomic E-state index is 0.0827. The van der Waals surface area contributed by atoms with E-state index in [2.05, 4.69) is 44.3 Å². The number of nitrogens with zero attached hydrogens (tertiary/aromatic N) is 7. The first-order chi connectivity index (χ1) is 24.7. The molecule has 2 aromatic heterocycles. The number of hydrogen-bond acceptors (Lipinski definition) is 8. The Morgan fingerprint density at radius 2 is 1.55 bits per heavy atom. The van der Waals surface area contributed by atoms with E-state index < -0.39 is 0 Å². The molecule has 51 heavy (non-hydrogen) atoms. The number of fused-ring (bicyclic) bond motifs is 1. The second kappa shape index (κ2) is 14.9. The maximum atomic E-state index is 12.9. The van der Waals surface area contributed by atoms with Gasteiger partial charge >= 0.3 is 0 Å². The fourth-order valence-corrected chi connectivity index (χ4v) is 7.62. The van der Waals surface area contributed by atoms with E-state index >= 15 is 0 Å². The van der Waals surface area contributed by atoms with Crippen molar-refractivity contribution >= 4 is 29.1 Å². The average molecular weight is 691 g/mol. The largest absolute Gasteiger partial charge is 0.497 e. The van der Waals surface area contributed by atoms with Crippen LogP contribution in [0.4, 0.5) is 11.5 Å². The predicted molar refractivity (Wildman–Crippen MR) is 195 cm³/mol. The number of carbonyl (C=O) groups excluding carboxylic acids is 3. The molecule has 2 amide bonds. The third-order valence-electron chi connectivity index (χ3n) is 10.6. The lowest BCUT2D eigenvalue weighted by atomic mass is 9.97. The zero-order valence-electron chi connectivity index (χ0n) is 29.6. The number of carbonyl (C=O) groups is 3. The van der Waals surface area contributed by atoms with Crippen LogP contribution in [0.1, 0.15) is 60.3 Å². The Labute approximate surface area is 298 Å². The number of aryl methyl sites for hydroxylation is 1. The van der Waals surface area contributed by atoms with Crippen LogP contribution in [-0.4, -0.2) is 97.7 Å². The van der Waals surface area contributed by atoms with Crippen LogP contribution in [0.25, 0.3) is 11.1 Å². The molecule has 1 N–H and O–H groups in total. The Bertz CT molecular complexity index is 1900. The monoisotopic (exact) mass is 690 g/mol. The molecule has 7 rings (SSSR count). The maximum Gasteiger partial charge on any atom is 0.246 e. The van der Waals surface area contributed by atoms with Crippen LogP contribution < -0.4 is 10.1 Å². The lowest BCUT2D eigenvalue weighted by Crippen LogP contribution is -2.49. The number of nitrogens with one attached hydrogen (secondary N) is 1. The molecule has 4 aromatic rings. The Morgan fingerprint density at radius 3 is 2.20 bits per heavy atom. The van der Waals surface area contributed by atoms with Crippen LogP contribution in [0.5, 0.6) is 5.75 Å². The maximum absolute atomic E-state index is 12.9. The molecule has 12 nitrogen and oxygen atoms in total. The molecular weight excluding hydrogens is 644 g/mol. The summed E-state index contributed by atoms with van der Waals surface area (Å²) in [5, 5.41) is 13.0. The number of ether oxygens (including phenoxy) is 1.